The Labute approximate surface area is 125 Å². The lowest BCUT2D eigenvalue weighted by Crippen LogP contribution is -2.37. The highest BCUT2D eigenvalue weighted by Crippen LogP contribution is 2.33. The van der Waals surface area contributed by atoms with Crippen LogP contribution in [0, 0.1) is 22.7 Å². The number of carbonyl (C=O) groups excluding carboxylic acids is 1. The number of nitrogens with zero attached hydrogens (tertiary/aromatic N) is 2. The molecule has 2 N–H and O–H groups in total. The second kappa shape index (κ2) is 7.32. The molecule has 0 aliphatic carbocycles. The maximum absolute atomic E-state index is 12.8. The summed E-state index contributed by atoms with van der Waals surface area (Å²) in [5.74, 6) is 0. The molecule has 0 spiro atoms. The predicted molar refractivity (Wildman–Crippen MR) is 72.6 cm³/mol. The van der Waals surface area contributed by atoms with Crippen molar-refractivity contribution in [2.24, 2.45) is 0 Å². The number of benzene rings is 1. The maximum Gasteiger partial charge on any atom is 0.417 e. The second-order valence-corrected chi connectivity index (χ2v) is 4.44. The van der Waals surface area contributed by atoms with Gasteiger partial charge in [0.1, 0.15) is 0 Å². The Hall–Kier alpha value is -2.74. The van der Waals surface area contributed by atoms with Crippen LogP contribution in [0.25, 0.3) is 0 Å². The summed E-state index contributed by atoms with van der Waals surface area (Å²) in [6.45, 7) is 1.77. The van der Waals surface area contributed by atoms with E-state index < -0.39 is 23.3 Å². The van der Waals surface area contributed by atoms with Gasteiger partial charge in [0.25, 0.3) is 0 Å². The van der Waals surface area contributed by atoms with Gasteiger partial charge in [-0.1, -0.05) is 6.92 Å². The Morgan fingerprint density at radius 2 is 2.05 bits per heavy atom. The van der Waals surface area contributed by atoms with Crippen LogP contribution >= 0.6 is 0 Å². The molecule has 0 fully saturated rings. The van der Waals surface area contributed by atoms with Crippen LogP contribution in [0.4, 0.5) is 23.7 Å². The molecular weight excluding hydrogens is 297 g/mol. The third kappa shape index (κ3) is 4.67. The molecule has 2 amide bonds. The molecule has 22 heavy (non-hydrogen) atoms. The highest BCUT2D eigenvalue weighted by atomic mass is 19.4. The zero-order valence-corrected chi connectivity index (χ0v) is 11.7. The summed E-state index contributed by atoms with van der Waals surface area (Å²) in [4.78, 5) is 11.7. The Kier molecular flexibility index (Phi) is 5.76. The summed E-state index contributed by atoms with van der Waals surface area (Å²) in [5.41, 5.74) is -1.72. The van der Waals surface area contributed by atoms with Gasteiger partial charge in [-0.3, -0.25) is 0 Å². The number of hydrogen-bond acceptors (Lipinski definition) is 3. The monoisotopic (exact) mass is 310 g/mol. The standard InChI is InChI=1S/C14H13F3N4O/c1-2-10(5-6-18)20-13(22)21-11-4-3-9(8-19)12(7-11)14(15,16)17/h3-4,7,10H,2,5H2,1H3,(H2,20,21,22)/t10-/m1/s1. The average molecular weight is 310 g/mol. The highest BCUT2D eigenvalue weighted by molar-refractivity contribution is 5.89. The van der Waals surface area contributed by atoms with Crippen molar-refractivity contribution in [2.45, 2.75) is 32.0 Å². The molecule has 0 aliphatic rings. The number of alkyl halides is 3. The lowest BCUT2D eigenvalue weighted by Gasteiger charge is -2.15. The number of amides is 2. The second-order valence-electron chi connectivity index (χ2n) is 4.44. The Morgan fingerprint density at radius 3 is 2.55 bits per heavy atom. The van der Waals surface area contributed by atoms with Gasteiger partial charge in [-0.2, -0.15) is 23.7 Å². The largest absolute Gasteiger partial charge is 0.417 e. The molecule has 0 saturated carbocycles. The fraction of sp³-hybridized carbons (Fsp3) is 0.357. The lowest BCUT2D eigenvalue weighted by molar-refractivity contribution is -0.137. The zero-order valence-electron chi connectivity index (χ0n) is 11.7. The lowest BCUT2D eigenvalue weighted by atomic mass is 10.1. The van der Waals surface area contributed by atoms with E-state index >= 15 is 0 Å². The van der Waals surface area contributed by atoms with Gasteiger partial charge in [-0.25, -0.2) is 4.79 Å². The molecule has 0 aliphatic heterocycles. The fourth-order valence-corrected chi connectivity index (χ4v) is 1.71. The van der Waals surface area contributed by atoms with E-state index in [1.54, 1.807) is 6.92 Å². The molecular formula is C14H13F3N4O. The van der Waals surface area contributed by atoms with Crippen LogP contribution in [-0.4, -0.2) is 12.1 Å². The van der Waals surface area contributed by atoms with Crippen molar-refractivity contribution >= 4 is 11.7 Å². The zero-order chi connectivity index (χ0) is 16.8. The third-order valence-electron chi connectivity index (χ3n) is 2.87. The van der Waals surface area contributed by atoms with Gasteiger partial charge in [0.05, 0.1) is 29.7 Å². The summed E-state index contributed by atoms with van der Waals surface area (Å²) in [5, 5.41) is 22.0. The van der Waals surface area contributed by atoms with Gasteiger partial charge >= 0.3 is 12.2 Å². The molecule has 0 aromatic heterocycles. The molecule has 0 saturated heterocycles. The van der Waals surface area contributed by atoms with Gasteiger partial charge in [-0.05, 0) is 24.6 Å². The molecule has 116 valence electrons. The molecule has 0 heterocycles. The number of carbonyl (C=O) groups is 1. The maximum atomic E-state index is 12.8. The Bertz CT molecular complexity index is 628. The van der Waals surface area contributed by atoms with Gasteiger partial charge in [0.2, 0.25) is 0 Å². The quantitative estimate of drug-likeness (QED) is 0.893. The molecule has 5 nitrogen and oxygen atoms in total. The molecule has 0 bridgehead atoms. The number of hydrogen-bond donors (Lipinski definition) is 2. The summed E-state index contributed by atoms with van der Waals surface area (Å²) in [7, 11) is 0. The van der Waals surface area contributed by atoms with Crippen molar-refractivity contribution in [1.29, 1.82) is 10.5 Å². The summed E-state index contributed by atoms with van der Waals surface area (Å²) in [6.07, 6.45) is -4.07. The normalized spacial score (nSPS) is 11.9. The number of halogens is 3. The van der Waals surface area contributed by atoms with Crippen LogP contribution in [0.15, 0.2) is 18.2 Å². The van der Waals surface area contributed by atoms with Crippen molar-refractivity contribution in [3.05, 3.63) is 29.3 Å². The number of nitriles is 2. The van der Waals surface area contributed by atoms with Crippen molar-refractivity contribution in [3.63, 3.8) is 0 Å². The number of nitrogens with one attached hydrogen (secondary N) is 2. The van der Waals surface area contributed by atoms with Crippen LogP contribution in [0.3, 0.4) is 0 Å². The van der Waals surface area contributed by atoms with Gasteiger partial charge in [0.15, 0.2) is 0 Å². The minimum atomic E-state index is -4.69. The molecule has 0 radical (unpaired) electrons. The van der Waals surface area contributed by atoms with Gasteiger partial charge in [0, 0.05) is 11.7 Å². The Balaban J connectivity index is 2.89. The van der Waals surface area contributed by atoms with E-state index in [2.05, 4.69) is 10.6 Å². The molecule has 1 rings (SSSR count). The van der Waals surface area contributed by atoms with E-state index in [1.165, 1.54) is 12.1 Å². The summed E-state index contributed by atoms with van der Waals surface area (Å²) >= 11 is 0. The number of rotatable bonds is 4. The van der Waals surface area contributed by atoms with E-state index in [-0.39, 0.29) is 18.2 Å². The van der Waals surface area contributed by atoms with E-state index in [9.17, 15) is 18.0 Å². The van der Waals surface area contributed by atoms with Gasteiger partial charge < -0.3 is 10.6 Å². The van der Waals surface area contributed by atoms with Crippen molar-refractivity contribution in [1.82, 2.24) is 5.32 Å². The number of anilines is 1. The van der Waals surface area contributed by atoms with Crippen LogP contribution < -0.4 is 10.6 Å². The molecule has 1 atom stereocenters. The van der Waals surface area contributed by atoms with Crippen molar-refractivity contribution in [2.75, 3.05) is 5.32 Å². The smallest absolute Gasteiger partial charge is 0.334 e. The van der Waals surface area contributed by atoms with E-state index in [4.69, 9.17) is 10.5 Å². The topological polar surface area (TPSA) is 88.7 Å². The SMILES string of the molecule is CC[C@H](CC#N)NC(=O)Nc1ccc(C#N)c(C(F)(F)F)c1. The minimum absolute atomic E-state index is 0.0874. The van der Waals surface area contributed by atoms with E-state index in [0.717, 1.165) is 6.07 Å². The molecule has 1 aromatic carbocycles. The van der Waals surface area contributed by atoms with Crippen LogP contribution in [0.2, 0.25) is 0 Å². The fourth-order valence-electron chi connectivity index (χ4n) is 1.71. The molecule has 0 unspecified atom stereocenters. The predicted octanol–water partition coefficient (Wildman–Crippen LogP) is 3.39. The van der Waals surface area contributed by atoms with Gasteiger partial charge in [-0.15, -0.1) is 0 Å². The Morgan fingerprint density at radius 1 is 1.36 bits per heavy atom. The minimum Gasteiger partial charge on any atom is -0.334 e. The summed E-state index contributed by atoms with van der Waals surface area (Å²) < 4.78 is 38.4. The van der Waals surface area contributed by atoms with E-state index in [1.807, 2.05) is 6.07 Å². The first-order chi connectivity index (χ1) is 10.3. The van der Waals surface area contributed by atoms with Crippen molar-refractivity contribution in [3.8, 4) is 12.1 Å². The third-order valence-corrected chi connectivity index (χ3v) is 2.87. The first kappa shape index (κ1) is 17.3. The molecule has 8 heteroatoms. The van der Waals surface area contributed by atoms with E-state index in [0.29, 0.717) is 12.5 Å². The molecule has 1 aromatic rings. The summed E-state index contributed by atoms with van der Waals surface area (Å²) in [6, 6.07) is 5.16. The highest BCUT2D eigenvalue weighted by Gasteiger charge is 2.34. The first-order valence-corrected chi connectivity index (χ1v) is 6.37. The average Bonchev–Trinajstić information content (AvgIpc) is 2.45. The van der Waals surface area contributed by atoms with Crippen molar-refractivity contribution < 1.29 is 18.0 Å². The first-order valence-electron chi connectivity index (χ1n) is 6.37. The number of urea groups is 1. The van der Waals surface area contributed by atoms with Crippen LogP contribution in [0.1, 0.15) is 30.9 Å². The van der Waals surface area contributed by atoms with Crippen LogP contribution in [0.5, 0.6) is 0 Å². The van der Waals surface area contributed by atoms with Crippen LogP contribution in [-0.2, 0) is 6.18 Å².